The molecule has 0 bridgehead atoms. The van der Waals surface area contributed by atoms with Gasteiger partial charge >= 0.3 is 0 Å². The second-order valence-electron chi connectivity index (χ2n) is 10.1. The molecule has 0 saturated heterocycles. The number of aryl methyl sites for hydroxylation is 1. The fraction of sp³-hybridized carbons (Fsp3) is 0.429. The normalized spacial score (nSPS) is 15.5. The highest BCUT2D eigenvalue weighted by Gasteiger charge is 2.22. The first-order valence-electron chi connectivity index (χ1n) is 12.8. The van der Waals surface area contributed by atoms with Gasteiger partial charge in [0.15, 0.2) is 11.6 Å². The van der Waals surface area contributed by atoms with Crippen LogP contribution >= 0.6 is 0 Å². The molecule has 0 radical (unpaired) electrons. The molecule has 0 amide bonds. The van der Waals surface area contributed by atoms with Gasteiger partial charge in [-0.15, -0.1) is 0 Å². The molecule has 5 rings (SSSR count). The highest BCUT2D eigenvalue weighted by atomic mass is 19.1. The van der Waals surface area contributed by atoms with Crippen molar-refractivity contribution in [3.05, 3.63) is 59.7 Å². The van der Waals surface area contributed by atoms with Crippen LogP contribution in [0.2, 0.25) is 0 Å². The molecule has 8 heteroatoms. The maximum Gasteiger partial charge on any atom is 0.229 e. The molecule has 1 atom stereocenters. The minimum atomic E-state index is -0.628. The van der Waals surface area contributed by atoms with Crippen molar-refractivity contribution >= 4 is 22.8 Å². The number of pyridine rings is 1. The Labute approximate surface area is 210 Å². The summed E-state index contributed by atoms with van der Waals surface area (Å²) in [5.41, 5.74) is 2.44. The van der Waals surface area contributed by atoms with E-state index in [1.54, 1.807) is 6.07 Å². The predicted octanol–water partition coefficient (Wildman–Crippen LogP) is 7.48. The van der Waals surface area contributed by atoms with E-state index in [0.717, 1.165) is 6.20 Å². The number of rotatable bonds is 6. The maximum atomic E-state index is 14.9. The average Bonchev–Trinajstić information content (AvgIpc) is 3.22. The number of imidazole rings is 1. The van der Waals surface area contributed by atoms with E-state index in [2.05, 4.69) is 38.2 Å². The molecule has 0 unspecified atom stereocenters. The number of hydrogen-bond donors (Lipinski definition) is 1. The Balaban J connectivity index is 1.41. The van der Waals surface area contributed by atoms with Gasteiger partial charge in [-0.2, -0.15) is 0 Å². The van der Waals surface area contributed by atoms with Crippen LogP contribution in [0.25, 0.3) is 22.3 Å². The van der Waals surface area contributed by atoms with Crippen molar-refractivity contribution in [1.82, 2.24) is 24.5 Å². The summed E-state index contributed by atoms with van der Waals surface area (Å²) in [6.07, 6.45) is 9.49. The van der Waals surface area contributed by atoms with Crippen molar-refractivity contribution in [2.45, 2.75) is 71.8 Å². The number of nitrogens with zero attached hydrogens (tertiary/aromatic N) is 5. The topological polar surface area (TPSA) is 68.5 Å². The largest absolute Gasteiger partial charge is 0.326 e. The van der Waals surface area contributed by atoms with Crippen LogP contribution in [0.4, 0.5) is 20.5 Å². The van der Waals surface area contributed by atoms with Crippen LogP contribution in [0.5, 0.6) is 0 Å². The standard InChI is InChI=1S/C28H32F2N6/c1-16(2)36-18(4)33-27-22(29)12-21(13-24(27)36)26-23(30)15-32-28(35-26)34-25-11-10-20(14-31-25)17(3)19-8-6-5-7-9-19/h10-17,19H,5-9H2,1-4H3,(H,31,32,34,35)/t17-/m0/s1. The van der Waals surface area contributed by atoms with Crippen molar-refractivity contribution in [2.24, 2.45) is 5.92 Å². The molecule has 36 heavy (non-hydrogen) atoms. The molecular weight excluding hydrogens is 458 g/mol. The van der Waals surface area contributed by atoms with Crippen molar-refractivity contribution in [2.75, 3.05) is 5.32 Å². The van der Waals surface area contributed by atoms with E-state index in [4.69, 9.17) is 0 Å². The van der Waals surface area contributed by atoms with Gasteiger partial charge < -0.3 is 9.88 Å². The van der Waals surface area contributed by atoms with E-state index in [9.17, 15) is 8.78 Å². The van der Waals surface area contributed by atoms with Gasteiger partial charge in [0.25, 0.3) is 0 Å². The highest BCUT2D eigenvalue weighted by molar-refractivity contribution is 5.83. The smallest absolute Gasteiger partial charge is 0.229 e. The zero-order valence-corrected chi connectivity index (χ0v) is 21.2. The molecule has 0 aliphatic heterocycles. The van der Waals surface area contributed by atoms with Crippen LogP contribution in [0.15, 0.2) is 36.7 Å². The molecule has 1 fully saturated rings. The average molecular weight is 491 g/mol. The molecule has 188 valence electrons. The number of fused-ring (bicyclic) bond motifs is 1. The highest BCUT2D eigenvalue weighted by Crippen LogP contribution is 2.36. The van der Waals surface area contributed by atoms with Crippen LogP contribution in [0.3, 0.4) is 0 Å². The fourth-order valence-corrected chi connectivity index (χ4v) is 5.46. The third-order valence-electron chi connectivity index (χ3n) is 7.37. The van der Waals surface area contributed by atoms with Crippen molar-refractivity contribution < 1.29 is 8.78 Å². The lowest BCUT2D eigenvalue weighted by atomic mass is 9.78. The quantitative estimate of drug-likeness (QED) is 0.303. The second kappa shape index (κ2) is 9.91. The van der Waals surface area contributed by atoms with Crippen molar-refractivity contribution in [1.29, 1.82) is 0 Å². The molecule has 6 nitrogen and oxygen atoms in total. The van der Waals surface area contributed by atoms with Gasteiger partial charge in [-0.3, -0.25) is 0 Å². The number of benzene rings is 1. The van der Waals surface area contributed by atoms with Crippen LogP contribution in [-0.4, -0.2) is 24.5 Å². The number of halogens is 2. The lowest BCUT2D eigenvalue weighted by Gasteiger charge is -2.27. The van der Waals surface area contributed by atoms with E-state index < -0.39 is 11.6 Å². The summed E-state index contributed by atoms with van der Waals surface area (Å²) < 4.78 is 31.7. The Morgan fingerprint density at radius 2 is 1.72 bits per heavy atom. The van der Waals surface area contributed by atoms with Crippen molar-refractivity contribution in [3.8, 4) is 11.3 Å². The first-order chi connectivity index (χ1) is 17.3. The van der Waals surface area contributed by atoms with Gasteiger partial charge in [-0.25, -0.2) is 28.7 Å². The van der Waals surface area contributed by atoms with Gasteiger partial charge in [0, 0.05) is 17.8 Å². The van der Waals surface area contributed by atoms with Crippen LogP contribution in [0, 0.1) is 24.5 Å². The minimum Gasteiger partial charge on any atom is -0.326 e. The van der Waals surface area contributed by atoms with Gasteiger partial charge in [-0.1, -0.05) is 32.3 Å². The SMILES string of the molecule is Cc1nc2c(F)cc(-c3nc(Nc4ccc([C@@H](C)C5CCCCC5)cn4)ncc3F)cc2n1C(C)C. The summed E-state index contributed by atoms with van der Waals surface area (Å²) in [6, 6.07) is 7.06. The Morgan fingerprint density at radius 3 is 2.42 bits per heavy atom. The van der Waals surface area contributed by atoms with E-state index >= 15 is 0 Å². The third-order valence-corrected chi connectivity index (χ3v) is 7.37. The molecule has 3 aromatic heterocycles. The molecular formula is C28H32F2N6. The summed E-state index contributed by atoms with van der Waals surface area (Å²) in [5.74, 6) is 1.50. The minimum absolute atomic E-state index is 0.0185. The molecule has 0 spiro atoms. The molecule has 1 aliphatic carbocycles. The third kappa shape index (κ3) is 4.68. The summed E-state index contributed by atoms with van der Waals surface area (Å²) >= 11 is 0. The molecule has 4 aromatic rings. The van der Waals surface area contributed by atoms with Crippen LogP contribution in [-0.2, 0) is 0 Å². The zero-order chi connectivity index (χ0) is 25.4. The Hall–Kier alpha value is -3.42. The maximum absolute atomic E-state index is 14.9. The first-order valence-corrected chi connectivity index (χ1v) is 12.8. The number of aromatic nitrogens is 5. The lowest BCUT2D eigenvalue weighted by molar-refractivity contribution is 0.316. The van der Waals surface area contributed by atoms with E-state index in [-0.39, 0.29) is 23.2 Å². The molecule has 3 heterocycles. The van der Waals surface area contributed by atoms with E-state index in [1.807, 2.05) is 37.6 Å². The van der Waals surface area contributed by atoms with Gasteiger partial charge in [0.1, 0.15) is 22.9 Å². The van der Waals surface area contributed by atoms with Gasteiger partial charge in [0.05, 0.1) is 11.7 Å². The summed E-state index contributed by atoms with van der Waals surface area (Å²) in [6.45, 7) is 8.11. The predicted molar refractivity (Wildman–Crippen MR) is 138 cm³/mol. The van der Waals surface area contributed by atoms with Gasteiger partial charge in [0.2, 0.25) is 5.95 Å². The molecule has 1 aromatic carbocycles. The van der Waals surface area contributed by atoms with E-state index in [1.165, 1.54) is 43.7 Å². The van der Waals surface area contributed by atoms with Crippen LogP contribution < -0.4 is 5.32 Å². The monoisotopic (exact) mass is 490 g/mol. The molecule has 1 saturated carbocycles. The first kappa shape index (κ1) is 24.3. The molecule has 1 aliphatic rings. The van der Waals surface area contributed by atoms with Crippen molar-refractivity contribution in [3.63, 3.8) is 0 Å². The van der Waals surface area contributed by atoms with Gasteiger partial charge in [-0.05, 0) is 69.2 Å². The Kier molecular flexibility index (Phi) is 6.69. The summed E-state index contributed by atoms with van der Waals surface area (Å²) in [7, 11) is 0. The Morgan fingerprint density at radius 1 is 0.944 bits per heavy atom. The van der Waals surface area contributed by atoms with Crippen LogP contribution in [0.1, 0.15) is 76.2 Å². The summed E-state index contributed by atoms with van der Waals surface area (Å²) in [4.78, 5) is 17.3. The lowest BCUT2D eigenvalue weighted by Crippen LogP contribution is -2.14. The molecule has 1 N–H and O–H groups in total. The Bertz CT molecular complexity index is 1370. The number of nitrogens with one attached hydrogen (secondary N) is 1. The second-order valence-corrected chi connectivity index (χ2v) is 10.1. The number of anilines is 2. The zero-order valence-electron chi connectivity index (χ0n) is 21.2. The van der Waals surface area contributed by atoms with E-state index in [0.29, 0.717) is 34.6 Å². The number of hydrogen-bond acceptors (Lipinski definition) is 5. The fourth-order valence-electron chi connectivity index (χ4n) is 5.46. The summed E-state index contributed by atoms with van der Waals surface area (Å²) in [5, 5.41) is 3.06.